The molecule has 0 spiro atoms. The van der Waals surface area contributed by atoms with Crippen molar-refractivity contribution in [3.63, 3.8) is 0 Å². The summed E-state index contributed by atoms with van der Waals surface area (Å²) < 4.78 is 4.68. The van der Waals surface area contributed by atoms with Crippen molar-refractivity contribution >= 4 is 23.0 Å². The highest BCUT2D eigenvalue weighted by molar-refractivity contribution is 14.1. The summed E-state index contributed by atoms with van der Waals surface area (Å²) >= 11 is 1.78. The predicted molar refractivity (Wildman–Crippen MR) is 40.8 cm³/mol. The third kappa shape index (κ3) is 3.63. The van der Waals surface area contributed by atoms with Crippen molar-refractivity contribution in [1.29, 1.82) is 0 Å². The van der Waals surface area contributed by atoms with Gasteiger partial charge < -0.3 is 8.17 Å². The standard InChI is InChI=1S/C5H11IO2/c1-4(2)5(7)3-8-6/h4-5,7H,3H2,1-2H3/t5-/m1/s1. The molecule has 0 aromatic carbocycles. The zero-order valence-electron chi connectivity index (χ0n) is 5.10. The largest absolute Gasteiger partial charge is 0.390 e. The molecule has 0 heterocycles. The van der Waals surface area contributed by atoms with Gasteiger partial charge in [0.2, 0.25) is 0 Å². The summed E-state index contributed by atoms with van der Waals surface area (Å²) in [6.07, 6.45) is -0.313. The molecule has 0 amide bonds. The average molecular weight is 230 g/mol. The highest BCUT2D eigenvalue weighted by atomic mass is 127. The summed E-state index contributed by atoms with van der Waals surface area (Å²) in [6, 6.07) is 0. The summed E-state index contributed by atoms with van der Waals surface area (Å²) in [5.74, 6) is 0.296. The average Bonchev–Trinajstić information content (AvgIpc) is 1.67. The van der Waals surface area contributed by atoms with E-state index in [1.54, 1.807) is 23.0 Å². The van der Waals surface area contributed by atoms with Crippen LogP contribution in [0.15, 0.2) is 0 Å². The van der Waals surface area contributed by atoms with Crippen molar-refractivity contribution in [3.05, 3.63) is 0 Å². The van der Waals surface area contributed by atoms with E-state index in [2.05, 4.69) is 3.07 Å². The fraction of sp³-hybridized carbons (Fsp3) is 1.00. The maximum atomic E-state index is 9.00. The minimum Gasteiger partial charge on any atom is -0.390 e. The van der Waals surface area contributed by atoms with E-state index in [1.165, 1.54) is 0 Å². The van der Waals surface area contributed by atoms with E-state index in [-0.39, 0.29) is 6.10 Å². The zero-order valence-corrected chi connectivity index (χ0v) is 7.25. The van der Waals surface area contributed by atoms with Gasteiger partial charge in [-0.15, -0.1) is 0 Å². The molecule has 0 unspecified atom stereocenters. The Bertz CT molecular complexity index is 56.4. The van der Waals surface area contributed by atoms with E-state index >= 15 is 0 Å². The molecule has 2 nitrogen and oxygen atoms in total. The highest BCUT2D eigenvalue weighted by Crippen LogP contribution is 2.02. The van der Waals surface area contributed by atoms with E-state index in [0.717, 1.165) is 0 Å². The Morgan fingerprint density at radius 2 is 2.12 bits per heavy atom. The number of aliphatic hydroxyl groups excluding tert-OH is 1. The van der Waals surface area contributed by atoms with Gasteiger partial charge in [0, 0.05) is 0 Å². The maximum absolute atomic E-state index is 9.00. The number of rotatable bonds is 3. The fourth-order valence-corrected chi connectivity index (χ4v) is 0.625. The van der Waals surface area contributed by atoms with Crippen molar-refractivity contribution < 1.29 is 8.17 Å². The fourth-order valence-electron chi connectivity index (χ4n) is 0.257. The van der Waals surface area contributed by atoms with Gasteiger partial charge in [0.05, 0.1) is 12.7 Å². The molecule has 0 bridgehead atoms. The molecule has 0 aromatic heterocycles. The van der Waals surface area contributed by atoms with Gasteiger partial charge in [0.15, 0.2) is 0 Å². The van der Waals surface area contributed by atoms with Crippen LogP contribution in [0.4, 0.5) is 0 Å². The number of aliphatic hydroxyl groups is 1. The molecule has 0 aliphatic heterocycles. The van der Waals surface area contributed by atoms with E-state index in [4.69, 9.17) is 5.11 Å². The Morgan fingerprint density at radius 1 is 1.62 bits per heavy atom. The second kappa shape index (κ2) is 4.52. The zero-order chi connectivity index (χ0) is 6.57. The van der Waals surface area contributed by atoms with E-state index in [0.29, 0.717) is 12.5 Å². The summed E-state index contributed by atoms with van der Waals surface area (Å²) in [5, 5.41) is 9.00. The molecule has 1 N–H and O–H groups in total. The summed E-state index contributed by atoms with van der Waals surface area (Å²) in [5.41, 5.74) is 0. The molecule has 0 radical (unpaired) electrons. The van der Waals surface area contributed by atoms with E-state index in [1.807, 2.05) is 13.8 Å². The van der Waals surface area contributed by atoms with Gasteiger partial charge in [0.25, 0.3) is 0 Å². The summed E-state index contributed by atoms with van der Waals surface area (Å²) in [7, 11) is 0. The van der Waals surface area contributed by atoms with Crippen molar-refractivity contribution in [3.8, 4) is 0 Å². The number of halogens is 1. The van der Waals surface area contributed by atoms with Crippen molar-refractivity contribution in [1.82, 2.24) is 0 Å². The lowest BCUT2D eigenvalue weighted by Gasteiger charge is -2.10. The first-order valence-electron chi connectivity index (χ1n) is 2.60. The molecule has 0 saturated carbocycles. The molecule has 3 heteroatoms. The van der Waals surface area contributed by atoms with Gasteiger partial charge in [-0.1, -0.05) is 13.8 Å². The third-order valence-electron chi connectivity index (χ3n) is 1.00. The molecule has 0 aliphatic carbocycles. The normalized spacial score (nSPS) is 14.6. The quantitative estimate of drug-likeness (QED) is 0.742. The van der Waals surface area contributed by atoms with Gasteiger partial charge in [-0.25, -0.2) is 0 Å². The van der Waals surface area contributed by atoms with Crippen LogP contribution in [0, 0.1) is 5.92 Å². The molecule has 8 heavy (non-hydrogen) atoms. The van der Waals surface area contributed by atoms with Gasteiger partial charge in [0.1, 0.15) is 23.0 Å². The van der Waals surface area contributed by atoms with Crippen LogP contribution in [0.3, 0.4) is 0 Å². The SMILES string of the molecule is CC(C)[C@H](O)COI. The predicted octanol–water partition coefficient (Wildman–Crippen LogP) is 1.37. The van der Waals surface area contributed by atoms with Crippen LogP contribution < -0.4 is 0 Å². The van der Waals surface area contributed by atoms with Crippen LogP contribution in [-0.4, -0.2) is 17.8 Å². The van der Waals surface area contributed by atoms with Crippen LogP contribution in [0.1, 0.15) is 13.8 Å². The van der Waals surface area contributed by atoms with Crippen molar-refractivity contribution in [2.75, 3.05) is 6.61 Å². The molecule has 0 aliphatic rings. The molecule has 0 saturated heterocycles. The minimum atomic E-state index is -0.313. The van der Waals surface area contributed by atoms with Gasteiger partial charge in [-0.3, -0.25) is 0 Å². The molecule has 50 valence electrons. The third-order valence-corrected chi connectivity index (χ3v) is 1.36. The van der Waals surface area contributed by atoms with E-state index < -0.39 is 0 Å². The van der Waals surface area contributed by atoms with Gasteiger partial charge in [-0.05, 0) is 5.92 Å². The summed E-state index contributed by atoms with van der Waals surface area (Å²) in [4.78, 5) is 0. The van der Waals surface area contributed by atoms with Crippen LogP contribution in [0.25, 0.3) is 0 Å². The van der Waals surface area contributed by atoms with Crippen LogP contribution in [0.5, 0.6) is 0 Å². The van der Waals surface area contributed by atoms with Crippen LogP contribution in [-0.2, 0) is 3.07 Å². The van der Waals surface area contributed by atoms with Gasteiger partial charge >= 0.3 is 0 Å². The van der Waals surface area contributed by atoms with Gasteiger partial charge in [-0.2, -0.15) is 0 Å². The topological polar surface area (TPSA) is 29.5 Å². The first-order valence-corrected chi connectivity index (χ1v) is 3.48. The molecular formula is C5H11IO2. The Hall–Kier alpha value is 0.650. The molecule has 0 rings (SSSR count). The minimum absolute atomic E-state index is 0.296. The number of hydrogen-bond acceptors (Lipinski definition) is 2. The Balaban J connectivity index is 3.17. The monoisotopic (exact) mass is 230 g/mol. The molecule has 0 aromatic rings. The lowest BCUT2D eigenvalue weighted by molar-refractivity contribution is 0.0871. The maximum Gasteiger partial charge on any atom is 0.109 e. The first kappa shape index (κ1) is 8.65. The van der Waals surface area contributed by atoms with Crippen LogP contribution >= 0.6 is 23.0 Å². The molecule has 1 atom stereocenters. The highest BCUT2D eigenvalue weighted by Gasteiger charge is 2.07. The second-order valence-electron chi connectivity index (χ2n) is 2.09. The molecular weight excluding hydrogens is 219 g/mol. The smallest absolute Gasteiger partial charge is 0.109 e. The lowest BCUT2D eigenvalue weighted by atomic mass is 10.1. The number of hydrogen-bond donors (Lipinski definition) is 1. The molecule has 0 fully saturated rings. The van der Waals surface area contributed by atoms with Crippen molar-refractivity contribution in [2.24, 2.45) is 5.92 Å². The second-order valence-corrected chi connectivity index (χ2v) is 2.71. The Morgan fingerprint density at radius 3 is 2.25 bits per heavy atom. The summed E-state index contributed by atoms with van der Waals surface area (Å²) in [6.45, 7) is 4.35. The first-order chi connectivity index (χ1) is 3.68. The Kier molecular flexibility index (Phi) is 4.89. The lowest BCUT2D eigenvalue weighted by Crippen LogP contribution is -2.19. The Labute approximate surface area is 63.9 Å². The van der Waals surface area contributed by atoms with Crippen LogP contribution in [0.2, 0.25) is 0 Å². The van der Waals surface area contributed by atoms with E-state index in [9.17, 15) is 0 Å². The van der Waals surface area contributed by atoms with Crippen molar-refractivity contribution in [2.45, 2.75) is 20.0 Å².